The zero-order valence-electron chi connectivity index (χ0n) is 15.2. The molecule has 1 aliphatic heterocycles. The second kappa shape index (κ2) is 5.49. The van der Waals surface area contributed by atoms with Gasteiger partial charge in [0, 0.05) is 0 Å². The fraction of sp³-hybridized carbons (Fsp3) is 0.455. The summed E-state index contributed by atoms with van der Waals surface area (Å²) in [7, 11) is 0. The lowest BCUT2D eigenvalue weighted by Crippen LogP contribution is -2.10. The Hall–Kier alpha value is -1.60. The minimum Gasteiger partial charge on any atom is -0.359 e. The number of hydrogen-bond donors (Lipinski definition) is 0. The zero-order chi connectivity index (χ0) is 16.8. The first kappa shape index (κ1) is 16.3. The molecule has 0 aliphatic carbocycles. The van der Waals surface area contributed by atoms with Crippen molar-refractivity contribution in [2.24, 2.45) is 0 Å². The van der Waals surface area contributed by atoms with Crippen molar-refractivity contribution in [1.82, 2.24) is 0 Å². The largest absolute Gasteiger partial charge is 0.359 e. The maximum Gasteiger partial charge on any atom is 0.114 e. The fourth-order valence-electron chi connectivity index (χ4n) is 2.96. The average molecular weight is 308 g/mol. The van der Waals surface area contributed by atoms with Gasteiger partial charge in [-0.15, -0.1) is 0 Å². The third-order valence-electron chi connectivity index (χ3n) is 4.70. The standard InChI is InChI=1S/C22H28O/c1-21(2,3)17-11-7-15(8-12-17)19-20(23-19)16-9-13-18(14-10-16)22(4,5)6/h7-14,19-20H,1-6H3/t19-,20+. The van der Waals surface area contributed by atoms with E-state index in [9.17, 15) is 0 Å². The average Bonchev–Trinajstić information content (AvgIpc) is 3.26. The highest BCUT2D eigenvalue weighted by molar-refractivity contribution is 5.35. The molecule has 1 saturated heterocycles. The highest BCUT2D eigenvalue weighted by atomic mass is 16.6. The van der Waals surface area contributed by atoms with Gasteiger partial charge >= 0.3 is 0 Å². The molecule has 1 heterocycles. The Bertz CT molecular complexity index is 604. The van der Waals surface area contributed by atoms with Crippen molar-refractivity contribution in [3.8, 4) is 0 Å². The van der Waals surface area contributed by atoms with Crippen molar-refractivity contribution in [2.75, 3.05) is 0 Å². The molecule has 0 unspecified atom stereocenters. The molecule has 0 spiro atoms. The third kappa shape index (κ3) is 3.50. The summed E-state index contributed by atoms with van der Waals surface area (Å²) in [6.07, 6.45) is 0.425. The Balaban J connectivity index is 1.72. The minimum atomic E-state index is 0.200. The molecule has 2 atom stereocenters. The van der Waals surface area contributed by atoms with Gasteiger partial charge in [-0.05, 0) is 33.1 Å². The van der Waals surface area contributed by atoms with Gasteiger partial charge in [-0.2, -0.15) is 0 Å². The molecular weight excluding hydrogens is 280 g/mol. The summed E-state index contributed by atoms with van der Waals surface area (Å²) in [4.78, 5) is 0. The molecule has 1 nitrogen and oxygen atoms in total. The molecular formula is C22H28O. The van der Waals surface area contributed by atoms with Crippen molar-refractivity contribution >= 4 is 0 Å². The van der Waals surface area contributed by atoms with E-state index in [2.05, 4.69) is 90.1 Å². The van der Waals surface area contributed by atoms with E-state index in [1.807, 2.05) is 0 Å². The zero-order valence-corrected chi connectivity index (χ0v) is 15.2. The van der Waals surface area contributed by atoms with Crippen LogP contribution in [0.5, 0.6) is 0 Å². The van der Waals surface area contributed by atoms with Crippen LogP contribution in [0.2, 0.25) is 0 Å². The van der Waals surface area contributed by atoms with Crippen molar-refractivity contribution in [2.45, 2.75) is 64.6 Å². The van der Waals surface area contributed by atoms with E-state index in [-0.39, 0.29) is 23.0 Å². The van der Waals surface area contributed by atoms with Gasteiger partial charge in [0.15, 0.2) is 0 Å². The molecule has 2 aromatic carbocycles. The van der Waals surface area contributed by atoms with Crippen LogP contribution >= 0.6 is 0 Å². The van der Waals surface area contributed by atoms with Crippen LogP contribution in [0.3, 0.4) is 0 Å². The molecule has 122 valence electrons. The lowest BCUT2D eigenvalue weighted by atomic mass is 9.86. The van der Waals surface area contributed by atoms with E-state index in [1.54, 1.807) is 0 Å². The van der Waals surface area contributed by atoms with Gasteiger partial charge in [0.1, 0.15) is 12.2 Å². The van der Waals surface area contributed by atoms with Gasteiger partial charge < -0.3 is 4.74 Å². The summed E-state index contributed by atoms with van der Waals surface area (Å²) in [6.45, 7) is 13.5. The summed E-state index contributed by atoms with van der Waals surface area (Å²) in [6, 6.07) is 17.8. The molecule has 23 heavy (non-hydrogen) atoms. The molecule has 2 aromatic rings. The third-order valence-corrected chi connectivity index (χ3v) is 4.70. The first-order valence-electron chi connectivity index (χ1n) is 8.52. The summed E-state index contributed by atoms with van der Waals surface area (Å²) < 4.78 is 5.94. The van der Waals surface area contributed by atoms with Crippen molar-refractivity contribution in [3.63, 3.8) is 0 Å². The Labute approximate surface area is 140 Å². The molecule has 0 aromatic heterocycles. The van der Waals surface area contributed by atoms with Crippen LogP contribution in [0.15, 0.2) is 48.5 Å². The van der Waals surface area contributed by atoms with Crippen LogP contribution in [0.1, 0.15) is 76.0 Å². The summed E-state index contributed by atoms with van der Waals surface area (Å²) in [5.74, 6) is 0. The summed E-state index contributed by atoms with van der Waals surface area (Å²) in [5, 5.41) is 0. The smallest absolute Gasteiger partial charge is 0.114 e. The lowest BCUT2D eigenvalue weighted by Gasteiger charge is -2.19. The van der Waals surface area contributed by atoms with Crippen LogP contribution in [0.4, 0.5) is 0 Å². The molecule has 0 radical (unpaired) electrons. The van der Waals surface area contributed by atoms with Crippen LogP contribution in [-0.2, 0) is 15.6 Å². The van der Waals surface area contributed by atoms with Crippen molar-refractivity contribution < 1.29 is 4.74 Å². The second-order valence-corrected chi connectivity index (χ2v) is 8.72. The molecule has 3 rings (SSSR count). The maximum absolute atomic E-state index is 5.94. The first-order valence-corrected chi connectivity index (χ1v) is 8.52. The maximum atomic E-state index is 5.94. The normalized spacial score (nSPS) is 21.3. The van der Waals surface area contributed by atoms with Gasteiger partial charge in [-0.1, -0.05) is 90.1 Å². The highest BCUT2D eigenvalue weighted by Crippen LogP contribution is 2.51. The van der Waals surface area contributed by atoms with Crippen LogP contribution < -0.4 is 0 Å². The van der Waals surface area contributed by atoms with Gasteiger partial charge in [0.2, 0.25) is 0 Å². The molecule has 1 aliphatic rings. The van der Waals surface area contributed by atoms with E-state index in [1.165, 1.54) is 22.3 Å². The quantitative estimate of drug-likeness (QED) is 0.611. The molecule has 0 N–H and O–H groups in total. The second-order valence-electron chi connectivity index (χ2n) is 8.72. The van der Waals surface area contributed by atoms with Crippen molar-refractivity contribution in [1.29, 1.82) is 0 Å². The number of epoxide rings is 1. The van der Waals surface area contributed by atoms with Gasteiger partial charge in [0.05, 0.1) is 0 Å². The van der Waals surface area contributed by atoms with Crippen LogP contribution in [0, 0.1) is 0 Å². The summed E-state index contributed by atoms with van der Waals surface area (Å²) >= 11 is 0. The van der Waals surface area contributed by atoms with E-state index in [0.717, 1.165) is 0 Å². The highest BCUT2D eigenvalue weighted by Gasteiger charge is 2.41. The molecule has 0 amide bonds. The van der Waals surface area contributed by atoms with Crippen LogP contribution in [0.25, 0.3) is 0 Å². The monoisotopic (exact) mass is 308 g/mol. The lowest BCUT2D eigenvalue weighted by molar-refractivity contribution is 0.377. The van der Waals surface area contributed by atoms with Gasteiger partial charge in [0.25, 0.3) is 0 Å². The Morgan fingerprint density at radius 2 is 0.870 bits per heavy atom. The van der Waals surface area contributed by atoms with Gasteiger partial charge in [-0.3, -0.25) is 0 Å². The van der Waals surface area contributed by atoms with Crippen LogP contribution in [-0.4, -0.2) is 0 Å². The SMILES string of the molecule is CC(C)(C)c1ccc([C@H]2O[C@H]2c2ccc(C(C)(C)C)cc2)cc1. The Morgan fingerprint density at radius 1 is 0.565 bits per heavy atom. The summed E-state index contributed by atoms with van der Waals surface area (Å²) in [5.41, 5.74) is 5.70. The van der Waals surface area contributed by atoms with Crippen molar-refractivity contribution in [3.05, 3.63) is 70.8 Å². The van der Waals surface area contributed by atoms with E-state index < -0.39 is 0 Å². The van der Waals surface area contributed by atoms with E-state index >= 15 is 0 Å². The predicted molar refractivity (Wildman–Crippen MR) is 96.9 cm³/mol. The number of benzene rings is 2. The molecule has 0 saturated carbocycles. The number of rotatable bonds is 2. The predicted octanol–water partition coefficient (Wildman–Crippen LogP) is 6.09. The molecule has 1 heteroatoms. The van der Waals surface area contributed by atoms with E-state index in [4.69, 9.17) is 4.74 Å². The molecule has 0 bridgehead atoms. The Kier molecular flexibility index (Phi) is 3.88. The topological polar surface area (TPSA) is 12.5 Å². The minimum absolute atomic E-state index is 0.200. The number of ether oxygens (including phenoxy) is 1. The first-order chi connectivity index (χ1) is 10.7. The number of hydrogen-bond acceptors (Lipinski definition) is 1. The fourth-order valence-corrected chi connectivity index (χ4v) is 2.96. The Morgan fingerprint density at radius 3 is 1.13 bits per heavy atom. The van der Waals surface area contributed by atoms with Gasteiger partial charge in [-0.25, -0.2) is 0 Å². The molecule has 1 fully saturated rings. The van der Waals surface area contributed by atoms with E-state index in [0.29, 0.717) is 0 Å².